The van der Waals surface area contributed by atoms with Crippen LogP contribution in [0.15, 0.2) is 72.3 Å². The Morgan fingerprint density at radius 2 is 1.76 bits per heavy atom. The second-order valence-electron chi connectivity index (χ2n) is 17.7. The number of hydrogen-bond donors (Lipinski definition) is 5. The number of phosphoric acid groups is 1. The van der Waals surface area contributed by atoms with E-state index in [1.54, 1.807) is 51.1 Å². The first-order valence-corrected chi connectivity index (χ1v) is 23.1. The lowest BCUT2D eigenvalue weighted by molar-refractivity contribution is -0.235. The van der Waals surface area contributed by atoms with Crippen molar-refractivity contribution in [3.05, 3.63) is 89.0 Å². The summed E-state index contributed by atoms with van der Waals surface area (Å²) in [6, 6.07) is 13.6. The molecule has 0 unspecified atom stereocenters. The molecule has 0 aromatic heterocycles. The minimum Gasteiger partial charge on any atom is -0.390 e. The molecule has 0 spiro atoms. The van der Waals surface area contributed by atoms with Crippen LogP contribution in [0.5, 0.6) is 0 Å². The summed E-state index contributed by atoms with van der Waals surface area (Å²) in [5, 5.41) is 17.3. The average Bonchev–Trinajstić information content (AvgIpc) is 3.71. The number of aliphatic hydroxyl groups excluding tert-OH is 1. The predicted molar refractivity (Wildman–Crippen MR) is 223 cm³/mol. The van der Waals surface area contributed by atoms with E-state index in [0.29, 0.717) is 17.7 Å². The Labute approximate surface area is 365 Å². The molecule has 2 amide bonds. The Kier molecular flexibility index (Phi) is 12.6. The Morgan fingerprint density at radius 3 is 2.44 bits per heavy atom. The van der Waals surface area contributed by atoms with Crippen molar-refractivity contribution in [1.29, 1.82) is 0 Å². The van der Waals surface area contributed by atoms with Gasteiger partial charge >= 0.3 is 7.82 Å². The molecule has 5 N–H and O–H groups in total. The maximum absolute atomic E-state index is 17.8. The fraction of sp³-hybridized carbons (Fsp3) is 0.523. The van der Waals surface area contributed by atoms with Gasteiger partial charge in [-0.05, 0) is 86.4 Å². The average molecular weight is 948 g/mol. The highest BCUT2D eigenvalue weighted by atomic mass is 79.9. The van der Waals surface area contributed by atoms with Crippen molar-refractivity contribution in [2.45, 2.75) is 102 Å². The summed E-state index contributed by atoms with van der Waals surface area (Å²) < 4.78 is 63.4. The number of amides is 2. The number of fused-ring (bicyclic) bond motifs is 7. The van der Waals surface area contributed by atoms with Crippen molar-refractivity contribution >= 4 is 58.6 Å². The maximum atomic E-state index is 17.8. The maximum Gasteiger partial charge on any atom is 0.470 e. The van der Waals surface area contributed by atoms with E-state index in [9.17, 15) is 43.4 Å². The number of carbonyl (C=O) groups is 5. The summed E-state index contributed by atoms with van der Waals surface area (Å²) in [4.78, 5) is 82.8. The van der Waals surface area contributed by atoms with Crippen LogP contribution in [0, 0.1) is 28.6 Å². The van der Waals surface area contributed by atoms with Crippen molar-refractivity contribution in [3.63, 3.8) is 0 Å². The first-order valence-electron chi connectivity index (χ1n) is 20.5. The topological polar surface area (TPSA) is 215 Å². The number of carbonyl (C=O) groups excluding carboxylic acids is 5. The van der Waals surface area contributed by atoms with Crippen LogP contribution in [-0.2, 0) is 49.0 Å². The minimum atomic E-state index is -5.14. The van der Waals surface area contributed by atoms with Gasteiger partial charge in [0, 0.05) is 40.3 Å². The third-order valence-electron chi connectivity index (χ3n) is 13.9. The fourth-order valence-corrected chi connectivity index (χ4v) is 11.3. The van der Waals surface area contributed by atoms with Gasteiger partial charge in [0.2, 0.25) is 11.8 Å². The Hall–Kier alpha value is -3.80. The highest BCUT2D eigenvalue weighted by Gasteiger charge is 2.80. The van der Waals surface area contributed by atoms with E-state index in [1.165, 1.54) is 19.1 Å². The summed E-state index contributed by atoms with van der Waals surface area (Å²) in [6.45, 7) is 5.22. The lowest BCUT2D eigenvalue weighted by Crippen LogP contribution is -2.70. The van der Waals surface area contributed by atoms with Crippen LogP contribution >= 0.6 is 23.8 Å². The van der Waals surface area contributed by atoms with Gasteiger partial charge in [-0.2, -0.15) is 0 Å². The number of ether oxygens (including phenoxy) is 2. The summed E-state index contributed by atoms with van der Waals surface area (Å²) in [6.07, 6.45) is -2.56. The van der Waals surface area contributed by atoms with E-state index < -0.39 is 96.6 Å². The molecule has 14 nitrogen and oxygen atoms in total. The molecule has 62 heavy (non-hydrogen) atoms. The molecule has 4 fully saturated rings. The van der Waals surface area contributed by atoms with Gasteiger partial charge in [-0.15, -0.1) is 0 Å². The molecule has 2 aromatic rings. The highest BCUT2D eigenvalue weighted by molar-refractivity contribution is 9.09. The van der Waals surface area contributed by atoms with Gasteiger partial charge in [-0.25, -0.2) is 13.3 Å². The SMILES string of the molecule is C[C@H](CC(=O)[C@H](C)NC(=O)CBr)C(=O)Nc1cccc(Cc2ccc([C@@H]3O[C@@H]4C[C@H]5[C@@H]6C[C@H](F)C7=CC(=O)C=C[C@]7(C)[C@@]6(F)[C@@H](O)C[C@]5(C)[C@]4(C(=O)COP(=O)(O)O)O3)cc2)c1. The number of hydrogen-bond acceptors (Lipinski definition) is 10. The smallest absolute Gasteiger partial charge is 0.390 e. The molecule has 12 atom stereocenters. The van der Waals surface area contributed by atoms with Gasteiger partial charge in [-0.3, -0.25) is 28.5 Å². The fourth-order valence-electron chi connectivity index (χ4n) is 10.8. The number of benzene rings is 2. The number of anilines is 1. The quantitative estimate of drug-likeness (QED) is 0.118. The molecule has 1 saturated heterocycles. The van der Waals surface area contributed by atoms with Gasteiger partial charge in [0.25, 0.3) is 0 Å². The monoisotopic (exact) mass is 946 g/mol. The molecule has 18 heteroatoms. The molecule has 1 heterocycles. The molecule has 7 rings (SSSR count). The normalized spacial score (nSPS) is 34.5. The Bertz CT molecular complexity index is 2270. The van der Waals surface area contributed by atoms with Gasteiger partial charge in [0.15, 0.2) is 34.9 Å². The van der Waals surface area contributed by atoms with Crippen LogP contribution in [0.1, 0.15) is 76.4 Å². The standard InChI is InChI=1S/C44H50BrF2N2O12P/c1-23(14-34(51)24(2)48-38(54)21-45)39(55)49-28-7-5-6-26(16-28)15-25-8-10-27(11-9-25)40-60-37-19-30-31-18-33(46)32-17-29(50)12-13-41(32,3)43(31,47)35(52)20-42(30,4)44(37,61-40)36(53)22-59-62(56,57)58/h5-13,16-17,23-24,30-31,33,35,37,40,52H,14-15,18-22H2,1-4H3,(H,48,54)(H,49,55)(H2,56,57,58)/t23-,24+,30+,31+,33+,35+,37-,40-,41+,42+,43+,44-/m1/s1. The van der Waals surface area contributed by atoms with Gasteiger partial charge < -0.3 is 35.0 Å². The van der Waals surface area contributed by atoms with Gasteiger partial charge in [0.05, 0.1) is 23.6 Å². The Morgan fingerprint density at radius 1 is 1.05 bits per heavy atom. The lowest BCUT2D eigenvalue weighted by atomic mass is 9.44. The van der Waals surface area contributed by atoms with E-state index in [1.807, 2.05) is 18.2 Å². The van der Waals surface area contributed by atoms with E-state index >= 15 is 8.78 Å². The molecular weight excluding hydrogens is 897 g/mol. The summed E-state index contributed by atoms with van der Waals surface area (Å²) in [7, 11) is -5.14. The largest absolute Gasteiger partial charge is 0.470 e. The van der Waals surface area contributed by atoms with Gasteiger partial charge in [-0.1, -0.05) is 72.3 Å². The van der Waals surface area contributed by atoms with Crippen molar-refractivity contribution in [2.75, 3.05) is 17.3 Å². The van der Waals surface area contributed by atoms with Crippen molar-refractivity contribution in [3.8, 4) is 0 Å². The molecule has 0 bridgehead atoms. The number of nitrogens with one attached hydrogen (secondary N) is 2. The van der Waals surface area contributed by atoms with Crippen LogP contribution in [0.2, 0.25) is 0 Å². The van der Waals surface area contributed by atoms with Crippen LogP contribution < -0.4 is 10.6 Å². The van der Waals surface area contributed by atoms with Gasteiger partial charge in [0.1, 0.15) is 12.8 Å². The van der Waals surface area contributed by atoms with E-state index in [2.05, 4.69) is 31.1 Å². The number of rotatable bonds is 14. The van der Waals surface area contributed by atoms with Crippen LogP contribution in [0.25, 0.3) is 0 Å². The molecule has 5 aliphatic rings. The molecule has 0 radical (unpaired) electrons. The Balaban J connectivity index is 1.08. The van der Waals surface area contributed by atoms with Crippen molar-refractivity contribution in [1.82, 2.24) is 5.32 Å². The van der Waals surface area contributed by atoms with Crippen LogP contribution in [0.4, 0.5) is 14.5 Å². The molecule has 3 saturated carbocycles. The third kappa shape index (κ3) is 8.01. The van der Waals surface area contributed by atoms with Crippen molar-refractivity contribution in [2.24, 2.45) is 28.6 Å². The number of aliphatic hydroxyl groups is 1. The second-order valence-corrected chi connectivity index (χ2v) is 19.5. The lowest BCUT2D eigenvalue weighted by Gasteiger charge is -2.63. The molecule has 334 valence electrons. The van der Waals surface area contributed by atoms with Crippen LogP contribution in [0.3, 0.4) is 0 Å². The number of Topliss-reactive ketones (excluding diaryl/α,β-unsaturated/α-hetero) is 2. The number of halogens is 3. The highest BCUT2D eigenvalue weighted by Crippen LogP contribution is 2.72. The number of phosphoric ester groups is 1. The molecular formula is C44H50BrF2N2O12P. The van der Waals surface area contributed by atoms with E-state index in [0.717, 1.165) is 17.2 Å². The third-order valence-corrected chi connectivity index (χ3v) is 14.9. The summed E-state index contributed by atoms with van der Waals surface area (Å²) in [5.74, 6) is -4.96. The minimum absolute atomic E-state index is 0.00299. The van der Waals surface area contributed by atoms with Crippen LogP contribution in [-0.4, -0.2) is 91.7 Å². The number of ketones is 3. The molecule has 2 aromatic carbocycles. The zero-order chi connectivity index (χ0) is 45.2. The zero-order valence-electron chi connectivity index (χ0n) is 34.5. The summed E-state index contributed by atoms with van der Waals surface area (Å²) in [5.41, 5.74) is -4.85. The van der Waals surface area contributed by atoms with Crippen molar-refractivity contribution < 1.29 is 66.2 Å². The predicted octanol–water partition coefficient (Wildman–Crippen LogP) is 5.47. The first kappa shape index (κ1) is 46.2. The molecule has 4 aliphatic carbocycles. The summed E-state index contributed by atoms with van der Waals surface area (Å²) >= 11 is 3.04. The zero-order valence-corrected chi connectivity index (χ0v) is 37.0. The number of alkyl halides is 3. The second kappa shape index (κ2) is 17.0. The first-order chi connectivity index (χ1) is 29.1. The van der Waals surface area contributed by atoms with E-state index in [-0.39, 0.29) is 54.2 Å². The molecule has 1 aliphatic heterocycles. The number of allylic oxidation sites excluding steroid dienone is 4. The van der Waals surface area contributed by atoms with E-state index in [4.69, 9.17) is 9.47 Å².